The van der Waals surface area contributed by atoms with Crippen LogP contribution in [0.2, 0.25) is 0 Å². The fraction of sp³-hybridized carbons (Fsp3) is 0.684. The molecule has 2 heteroatoms. The largest absolute Gasteiger partial charge is 0.387 e. The monoisotopic (exact) mass is 289 g/mol. The molecule has 0 spiro atoms. The zero-order valence-electron chi connectivity index (χ0n) is 14.3. The molecule has 1 aromatic carbocycles. The van der Waals surface area contributed by atoms with Gasteiger partial charge < -0.3 is 5.11 Å². The molecule has 1 saturated heterocycles. The first-order chi connectivity index (χ1) is 9.75. The molecule has 1 aliphatic heterocycles. The summed E-state index contributed by atoms with van der Waals surface area (Å²) in [5, 5.41) is 10.5. The Morgan fingerprint density at radius 1 is 1.10 bits per heavy atom. The molecule has 0 radical (unpaired) electrons. The van der Waals surface area contributed by atoms with Crippen molar-refractivity contribution in [2.45, 2.75) is 52.6 Å². The van der Waals surface area contributed by atoms with Crippen LogP contribution in [0.3, 0.4) is 0 Å². The topological polar surface area (TPSA) is 23.5 Å². The Morgan fingerprint density at radius 3 is 2.10 bits per heavy atom. The van der Waals surface area contributed by atoms with Crippen LogP contribution in [-0.4, -0.2) is 29.6 Å². The van der Waals surface area contributed by atoms with E-state index in [1.165, 1.54) is 12.0 Å². The van der Waals surface area contributed by atoms with Gasteiger partial charge in [-0.05, 0) is 34.8 Å². The smallest absolute Gasteiger partial charge is 0.0916 e. The highest BCUT2D eigenvalue weighted by Crippen LogP contribution is 2.26. The molecule has 0 amide bonds. The molecule has 0 bridgehead atoms. The predicted octanol–water partition coefficient (Wildman–Crippen LogP) is 4.00. The molecule has 1 fully saturated rings. The number of nitrogens with zero attached hydrogens (tertiary/aromatic N) is 1. The minimum absolute atomic E-state index is 0.168. The minimum atomic E-state index is -0.378. The van der Waals surface area contributed by atoms with Gasteiger partial charge in [-0.2, -0.15) is 0 Å². The van der Waals surface area contributed by atoms with E-state index in [0.717, 1.165) is 37.0 Å². The maximum absolute atomic E-state index is 10.5. The highest BCUT2D eigenvalue weighted by molar-refractivity contribution is 5.28. The van der Waals surface area contributed by atoms with Crippen molar-refractivity contribution in [3.63, 3.8) is 0 Å². The van der Waals surface area contributed by atoms with Gasteiger partial charge in [-0.1, -0.05) is 58.9 Å². The Bertz CT molecular complexity index is 436. The number of rotatable bonds is 3. The lowest BCUT2D eigenvalue weighted by atomic mass is 9.86. The molecule has 118 valence electrons. The summed E-state index contributed by atoms with van der Waals surface area (Å²) in [5.74, 6) is 1.48. The first kappa shape index (κ1) is 16.5. The van der Waals surface area contributed by atoms with E-state index in [0.29, 0.717) is 0 Å². The summed E-state index contributed by atoms with van der Waals surface area (Å²) in [6, 6.07) is 8.48. The van der Waals surface area contributed by atoms with E-state index in [9.17, 15) is 5.11 Å². The van der Waals surface area contributed by atoms with Gasteiger partial charge in [-0.3, -0.25) is 4.90 Å². The van der Waals surface area contributed by atoms with Crippen LogP contribution >= 0.6 is 0 Å². The quantitative estimate of drug-likeness (QED) is 0.909. The van der Waals surface area contributed by atoms with Crippen molar-refractivity contribution < 1.29 is 5.11 Å². The Kier molecular flexibility index (Phi) is 5.11. The number of aliphatic hydroxyl groups excluding tert-OH is 1. The van der Waals surface area contributed by atoms with Crippen LogP contribution in [0.15, 0.2) is 24.3 Å². The first-order valence-electron chi connectivity index (χ1n) is 8.26. The van der Waals surface area contributed by atoms with Crippen molar-refractivity contribution in [1.29, 1.82) is 0 Å². The average molecular weight is 289 g/mol. The minimum Gasteiger partial charge on any atom is -0.387 e. The fourth-order valence-electron chi connectivity index (χ4n) is 3.50. The molecule has 0 aliphatic carbocycles. The van der Waals surface area contributed by atoms with Crippen molar-refractivity contribution >= 4 is 0 Å². The van der Waals surface area contributed by atoms with Crippen LogP contribution in [-0.2, 0) is 5.41 Å². The van der Waals surface area contributed by atoms with Crippen LogP contribution in [0.5, 0.6) is 0 Å². The zero-order chi connectivity index (χ0) is 15.6. The number of β-amino-alcohol motifs (C(OH)–C–C–N with tert-alkyl or cyclic N) is 1. The van der Waals surface area contributed by atoms with Gasteiger partial charge in [0.25, 0.3) is 0 Å². The molecule has 1 aliphatic rings. The summed E-state index contributed by atoms with van der Waals surface area (Å²) in [5.41, 5.74) is 2.52. The standard InChI is InChI=1S/C19H31NO/c1-14-10-15(2)12-20(11-14)13-18(21)16-6-8-17(9-7-16)19(3,4)5/h6-9,14-15,18,21H,10-13H2,1-5H3. The molecule has 2 rings (SSSR count). The van der Waals surface area contributed by atoms with Gasteiger partial charge in [0, 0.05) is 19.6 Å². The number of piperidine rings is 1. The highest BCUT2D eigenvalue weighted by atomic mass is 16.3. The SMILES string of the molecule is CC1CC(C)CN(CC(O)c2ccc(C(C)(C)C)cc2)C1. The first-order valence-corrected chi connectivity index (χ1v) is 8.26. The molecule has 1 heterocycles. The van der Waals surface area contributed by atoms with Crippen LogP contribution in [0.25, 0.3) is 0 Å². The molecule has 2 nitrogen and oxygen atoms in total. The molecule has 3 unspecified atom stereocenters. The number of benzene rings is 1. The number of aliphatic hydroxyl groups is 1. The molecule has 1 aromatic rings. The molecule has 21 heavy (non-hydrogen) atoms. The van der Waals surface area contributed by atoms with Crippen LogP contribution in [0.4, 0.5) is 0 Å². The Balaban J connectivity index is 1.98. The van der Waals surface area contributed by atoms with Crippen molar-refractivity contribution in [2.75, 3.05) is 19.6 Å². The van der Waals surface area contributed by atoms with E-state index in [1.54, 1.807) is 0 Å². The highest BCUT2D eigenvalue weighted by Gasteiger charge is 2.24. The second-order valence-corrected chi connectivity index (χ2v) is 8.05. The maximum atomic E-state index is 10.5. The van der Waals surface area contributed by atoms with E-state index in [-0.39, 0.29) is 11.5 Å². The van der Waals surface area contributed by atoms with E-state index in [1.807, 2.05) is 0 Å². The third kappa shape index (κ3) is 4.55. The lowest BCUT2D eigenvalue weighted by Gasteiger charge is -2.36. The van der Waals surface area contributed by atoms with Gasteiger partial charge in [0.1, 0.15) is 0 Å². The van der Waals surface area contributed by atoms with Gasteiger partial charge in [-0.25, -0.2) is 0 Å². The molecule has 0 saturated carbocycles. The van der Waals surface area contributed by atoms with Crippen molar-refractivity contribution in [3.05, 3.63) is 35.4 Å². The van der Waals surface area contributed by atoms with Gasteiger partial charge in [0.05, 0.1) is 6.10 Å². The van der Waals surface area contributed by atoms with Crippen molar-refractivity contribution in [1.82, 2.24) is 4.90 Å². The summed E-state index contributed by atoms with van der Waals surface area (Å²) in [7, 11) is 0. The number of hydrogen-bond acceptors (Lipinski definition) is 2. The summed E-state index contributed by atoms with van der Waals surface area (Å²) in [4.78, 5) is 2.42. The van der Waals surface area contributed by atoms with E-state index < -0.39 is 0 Å². The van der Waals surface area contributed by atoms with Crippen LogP contribution in [0.1, 0.15) is 58.3 Å². The molecular weight excluding hydrogens is 258 g/mol. The fourth-order valence-corrected chi connectivity index (χ4v) is 3.50. The summed E-state index contributed by atoms with van der Waals surface area (Å²) < 4.78 is 0. The van der Waals surface area contributed by atoms with Gasteiger partial charge in [0.2, 0.25) is 0 Å². The zero-order valence-corrected chi connectivity index (χ0v) is 14.3. The Morgan fingerprint density at radius 2 is 1.62 bits per heavy atom. The second-order valence-electron chi connectivity index (χ2n) is 8.05. The normalized spacial score (nSPS) is 25.8. The van der Waals surface area contributed by atoms with E-state index in [2.05, 4.69) is 63.8 Å². The second kappa shape index (κ2) is 6.50. The third-order valence-electron chi connectivity index (χ3n) is 4.54. The number of likely N-dealkylation sites (tertiary alicyclic amines) is 1. The Hall–Kier alpha value is -0.860. The maximum Gasteiger partial charge on any atom is 0.0916 e. The van der Waals surface area contributed by atoms with Crippen molar-refractivity contribution in [2.24, 2.45) is 11.8 Å². The van der Waals surface area contributed by atoms with Gasteiger partial charge in [-0.15, -0.1) is 0 Å². The van der Waals surface area contributed by atoms with Gasteiger partial charge >= 0.3 is 0 Å². The van der Waals surface area contributed by atoms with Crippen LogP contribution < -0.4 is 0 Å². The number of hydrogen-bond donors (Lipinski definition) is 1. The summed E-state index contributed by atoms with van der Waals surface area (Å²) >= 11 is 0. The van der Waals surface area contributed by atoms with E-state index >= 15 is 0 Å². The van der Waals surface area contributed by atoms with E-state index in [4.69, 9.17) is 0 Å². The van der Waals surface area contributed by atoms with Gasteiger partial charge in [0.15, 0.2) is 0 Å². The lowest BCUT2D eigenvalue weighted by Crippen LogP contribution is -2.40. The molecular formula is C19H31NO. The third-order valence-corrected chi connectivity index (χ3v) is 4.54. The predicted molar refractivity (Wildman–Crippen MR) is 89.5 cm³/mol. The molecule has 3 atom stereocenters. The summed E-state index contributed by atoms with van der Waals surface area (Å²) in [6.45, 7) is 14.3. The van der Waals surface area contributed by atoms with Crippen molar-refractivity contribution in [3.8, 4) is 0 Å². The summed E-state index contributed by atoms with van der Waals surface area (Å²) in [6.07, 6.45) is 0.934. The Labute approximate surface area is 130 Å². The molecule has 1 N–H and O–H groups in total. The lowest BCUT2D eigenvalue weighted by molar-refractivity contribution is 0.0699. The average Bonchev–Trinajstić information content (AvgIpc) is 2.36. The van der Waals surface area contributed by atoms with Crippen LogP contribution in [0, 0.1) is 11.8 Å². The molecule has 0 aromatic heterocycles.